The van der Waals surface area contributed by atoms with Crippen LogP contribution in [0, 0.1) is 5.92 Å². The molecule has 34 heavy (non-hydrogen) atoms. The number of aromatic nitrogens is 2. The SMILES string of the molecule is CC(CNC(=O)OCC1c2ccccc2-c2ccccc21)C(=O)N[C@H](Cc1cnc[nH]1)C(=O)O. The van der Waals surface area contributed by atoms with Gasteiger partial charge in [0.15, 0.2) is 0 Å². The molecule has 1 aliphatic rings. The van der Waals surface area contributed by atoms with Crippen molar-refractivity contribution in [3.05, 3.63) is 77.9 Å². The van der Waals surface area contributed by atoms with E-state index in [1.807, 2.05) is 36.4 Å². The fraction of sp³-hybridized carbons (Fsp3) is 0.280. The number of aromatic amines is 1. The number of nitrogens with one attached hydrogen (secondary N) is 3. The molecule has 1 unspecified atom stereocenters. The number of carboxylic acid groups (broad SMARTS) is 1. The first kappa shape index (κ1) is 23.0. The molecule has 4 rings (SSSR count). The maximum atomic E-state index is 12.4. The van der Waals surface area contributed by atoms with E-state index in [0.29, 0.717) is 5.69 Å². The van der Waals surface area contributed by atoms with Crippen molar-refractivity contribution < 1.29 is 24.2 Å². The zero-order valence-electron chi connectivity index (χ0n) is 18.7. The summed E-state index contributed by atoms with van der Waals surface area (Å²) in [6.45, 7) is 1.79. The minimum atomic E-state index is -1.15. The van der Waals surface area contributed by atoms with Gasteiger partial charge in [-0.25, -0.2) is 14.6 Å². The molecule has 0 saturated carbocycles. The number of rotatable bonds is 9. The largest absolute Gasteiger partial charge is 0.480 e. The number of aliphatic carboxylic acids is 1. The number of fused-ring (bicyclic) bond motifs is 3. The predicted octanol–water partition coefficient (Wildman–Crippen LogP) is 2.70. The number of carbonyl (C=O) groups excluding carboxylic acids is 2. The van der Waals surface area contributed by atoms with Gasteiger partial charge < -0.3 is 25.5 Å². The summed E-state index contributed by atoms with van der Waals surface area (Å²) in [5.74, 6) is -2.34. The zero-order valence-corrected chi connectivity index (χ0v) is 18.7. The van der Waals surface area contributed by atoms with Crippen molar-refractivity contribution in [1.29, 1.82) is 0 Å². The zero-order chi connectivity index (χ0) is 24.1. The van der Waals surface area contributed by atoms with Gasteiger partial charge >= 0.3 is 12.1 Å². The minimum Gasteiger partial charge on any atom is -0.480 e. The number of alkyl carbamates (subject to hydrolysis) is 1. The van der Waals surface area contributed by atoms with E-state index in [4.69, 9.17) is 4.74 Å². The second kappa shape index (κ2) is 10.2. The molecular formula is C25H26N4O5. The molecule has 1 heterocycles. The van der Waals surface area contributed by atoms with Crippen molar-refractivity contribution in [3.63, 3.8) is 0 Å². The van der Waals surface area contributed by atoms with Crippen LogP contribution in [0.15, 0.2) is 61.1 Å². The minimum absolute atomic E-state index is 0.0128. The number of nitrogens with zero attached hydrogens (tertiary/aromatic N) is 1. The molecule has 1 aliphatic carbocycles. The first-order chi connectivity index (χ1) is 16.4. The fourth-order valence-electron chi connectivity index (χ4n) is 4.11. The van der Waals surface area contributed by atoms with Crippen LogP contribution < -0.4 is 10.6 Å². The number of imidazole rings is 1. The van der Waals surface area contributed by atoms with Gasteiger partial charge in [0.1, 0.15) is 12.6 Å². The van der Waals surface area contributed by atoms with E-state index in [9.17, 15) is 19.5 Å². The van der Waals surface area contributed by atoms with E-state index >= 15 is 0 Å². The number of carboxylic acids is 1. The smallest absolute Gasteiger partial charge is 0.407 e. The average molecular weight is 463 g/mol. The monoisotopic (exact) mass is 462 g/mol. The Kier molecular flexibility index (Phi) is 6.91. The highest BCUT2D eigenvalue weighted by Gasteiger charge is 2.29. The molecule has 9 heteroatoms. The fourth-order valence-corrected chi connectivity index (χ4v) is 4.11. The standard InChI is InChI=1S/C25H26N4O5/c1-15(23(30)29-22(24(31)32)10-16-12-26-14-28-16)11-27-25(33)34-13-21-19-8-4-2-6-17(19)18-7-3-5-9-20(18)21/h2-9,12,14-15,21-22H,10-11,13H2,1H3,(H,26,28)(H,27,33)(H,29,30)(H,31,32)/t15?,22-/m1/s1. The van der Waals surface area contributed by atoms with Crippen molar-refractivity contribution in [2.75, 3.05) is 13.2 Å². The number of ether oxygens (including phenoxy) is 1. The van der Waals surface area contributed by atoms with Gasteiger partial charge in [-0.2, -0.15) is 0 Å². The van der Waals surface area contributed by atoms with Crippen molar-refractivity contribution in [2.24, 2.45) is 5.92 Å². The van der Waals surface area contributed by atoms with Crippen molar-refractivity contribution in [3.8, 4) is 11.1 Å². The molecule has 0 fully saturated rings. The van der Waals surface area contributed by atoms with Crippen LogP contribution in [0.5, 0.6) is 0 Å². The molecule has 2 amide bonds. The second-order valence-electron chi connectivity index (χ2n) is 8.29. The van der Waals surface area contributed by atoms with E-state index in [-0.39, 0.29) is 25.5 Å². The molecule has 4 N–H and O–H groups in total. The highest BCUT2D eigenvalue weighted by atomic mass is 16.5. The van der Waals surface area contributed by atoms with Crippen LogP contribution in [0.3, 0.4) is 0 Å². The molecule has 0 radical (unpaired) electrons. The number of benzene rings is 2. The molecule has 0 bridgehead atoms. The van der Waals surface area contributed by atoms with Crippen molar-refractivity contribution in [2.45, 2.75) is 25.3 Å². The van der Waals surface area contributed by atoms with Gasteiger partial charge in [-0.1, -0.05) is 55.5 Å². The first-order valence-electron chi connectivity index (χ1n) is 11.0. The molecule has 0 spiro atoms. The number of hydrogen-bond acceptors (Lipinski definition) is 5. The molecule has 1 aromatic heterocycles. The summed E-state index contributed by atoms with van der Waals surface area (Å²) in [7, 11) is 0. The van der Waals surface area contributed by atoms with Crippen LogP contribution in [0.25, 0.3) is 11.1 Å². The lowest BCUT2D eigenvalue weighted by molar-refractivity contribution is -0.142. The molecule has 2 atom stereocenters. The number of hydrogen-bond donors (Lipinski definition) is 4. The van der Waals surface area contributed by atoms with Gasteiger partial charge in [0.25, 0.3) is 0 Å². The Labute approximate surface area is 196 Å². The van der Waals surface area contributed by atoms with Gasteiger partial charge in [0.05, 0.1) is 12.2 Å². The quantitative estimate of drug-likeness (QED) is 0.386. The normalized spacial score (nSPS) is 13.9. The molecule has 2 aromatic carbocycles. The van der Waals surface area contributed by atoms with Crippen LogP contribution in [-0.4, -0.2) is 52.2 Å². The van der Waals surface area contributed by atoms with E-state index < -0.39 is 29.9 Å². The van der Waals surface area contributed by atoms with E-state index in [1.54, 1.807) is 6.92 Å². The third-order valence-corrected chi connectivity index (χ3v) is 5.94. The lowest BCUT2D eigenvalue weighted by atomic mass is 9.98. The summed E-state index contributed by atoms with van der Waals surface area (Å²) >= 11 is 0. The highest BCUT2D eigenvalue weighted by molar-refractivity contribution is 5.85. The summed E-state index contributed by atoms with van der Waals surface area (Å²) < 4.78 is 5.47. The number of H-pyrrole nitrogens is 1. The Balaban J connectivity index is 1.28. The molecule has 0 saturated heterocycles. The molecule has 3 aromatic rings. The third-order valence-electron chi connectivity index (χ3n) is 5.94. The van der Waals surface area contributed by atoms with E-state index in [1.165, 1.54) is 12.5 Å². The van der Waals surface area contributed by atoms with Crippen molar-refractivity contribution >= 4 is 18.0 Å². The lowest BCUT2D eigenvalue weighted by Gasteiger charge is -2.18. The predicted molar refractivity (Wildman–Crippen MR) is 124 cm³/mol. The molecule has 176 valence electrons. The van der Waals surface area contributed by atoms with Gasteiger partial charge in [-0.05, 0) is 22.3 Å². The van der Waals surface area contributed by atoms with Crippen LogP contribution in [0.4, 0.5) is 4.79 Å². The van der Waals surface area contributed by atoms with Crippen LogP contribution >= 0.6 is 0 Å². The van der Waals surface area contributed by atoms with E-state index in [0.717, 1.165) is 22.3 Å². The maximum absolute atomic E-state index is 12.4. The summed E-state index contributed by atoms with van der Waals surface area (Å²) in [5, 5.41) is 14.5. The van der Waals surface area contributed by atoms with Gasteiger partial charge in [0, 0.05) is 30.8 Å². The summed E-state index contributed by atoms with van der Waals surface area (Å²) in [6.07, 6.45) is 2.39. The third kappa shape index (κ3) is 5.09. The van der Waals surface area contributed by atoms with Crippen LogP contribution in [-0.2, 0) is 20.7 Å². The average Bonchev–Trinajstić information content (AvgIpc) is 3.46. The Bertz CT molecular complexity index is 1130. The molecule has 9 nitrogen and oxygen atoms in total. The summed E-state index contributed by atoms with van der Waals surface area (Å²) in [4.78, 5) is 42.9. The van der Waals surface area contributed by atoms with Crippen LogP contribution in [0.2, 0.25) is 0 Å². The van der Waals surface area contributed by atoms with Crippen molar-refractivity contribution in [1.82, 2.24) is 20.6 Å². The van der Waals surface area contributed by atoms with Gasteiger partial charge in [0.2, 0.25) is 5.91 Å². The van der Waals surface area contributed by atoms with E-state index in [2.05, 4.69) is 32.7 Å². The molecule has 0 aliphatic heterocycles. The Hall–Kier alpha value is -4.14. The van der Waals surface area contributed by atoms with Gasteiger partial charge in [-0.15, -0.1) is 0 Å². The Morgan fingerprint density at radius 1 is 1.09 bits per heavy atom. The van der Waals surface area contributed by atoms with Gasteiger partial charge in [-0.3, -0.25) is 4.79 Å². The second-order valence-corrected chi connectivity index (χ2v) is 8.29. The first-order valence-corrected chi connectivity index (χ1v) is 11.0. The Morgan fingerprint density at radius 2 is 1.74 bits per heavy atom. The molecular weight excluding hydrogens is 436 g/mol. The lowest BCUT2D eigenvalue weighted by Crippen LogP contribution is -2.46. The highest BCUT2D eigenvalue weighted by Crippen LogP contribution is 2.44. The summed E-state index contributed by atoms with van der Waals surface area (Å²) in [5.41, 5.74) is 5.10. The maximum Gasteiger partial charge on any atom is 0.407 e. The summed E-state index contributed by atoms with van der Waals surface area (Å²) in [6, 6.07) is 15.0. The number of carbonyl (C=O) groups is 3. The number of amides is 2. The Morgan fingerprint density at radius 3 is 2.32 bits per heavy atom. The topological polar surface area (TPSA) is 133 Å². The van der Waals surface area contributed by atoms with Crippen LogP contribution in [0.1, 0.15) is 29.7 Å².